The van der Waals surface area contributed by atoms with Gasteiger partial charge >= 0.3 is 0 Å². The molecule has 0 saturated heterocycles. The molecule has 1 unspecified atom stereocenters. The monoisotopic (exact) mass is 565 g/mol. The molecule has 8 heteroatoms. The van der Waals surface area contributed by atoms with Gasteiger partial charge in [-0.3, -0.25) is 14.4 Å². The van der Waals surface area contributed by atoms with E-state index in [1.807, 2.05) is 50.2 Å². The van der Waals surface area contributed by atoms with Gasteiger partial charge in [-0.15, -0.1) is 11.8 Å². The standard InChI is InChI=1S/C33H31N3O4S/c1-22-9-7-12-26(19-22)34-31(37)23(2)41-29-14-8-13-27(21-29)35-33(39)30(20-24-15-17-28(40-3)18-16-24)36-32(38)25-10-5-4-6-11-25/h4-21,23H,1-3H3,(H,34,37)(H,35,39)(H,36,38)/b30-20+. The van der Waals surface area contributed by atoms with Crippen LogP contribution in [0, 0.1) is 6.92 Å². The van der Waals surface area contributed by atoms with Crippen molar-refractivity contribution >= 4 is 46.9 Å². The van der Waals surface area contributed by atoms with E-state index in [1.54, 1.807) is 79.9 Å². The Morgan fingerprint density at radius 3 is 2.17 bits per heavy atom. The average molecular weight is 566 g/mol. The van der Waals surface area contributed by atoms with E-state index >= 15 is 0 Å². The lowest BCUT2D eigenvalue weighted by Gasteiger charge is -2.14. The summed E-state index contributed by atoms with van der Waals surface area (Å²) >= 11 is 1.38. The predicted molar refractivity (Wildman–Crippen MR) is 165 cm³/mol. The van der Waals surface area contributed by atoms with Gasteiger partial charge in [0.05, 0.1) is 12.4 Å². The first-order chi connectivity index (χ1) is 19.8. The fourth-order valence-electron chi connectivity index (χ4n) is 3.88. The maximum atomic E-state index is 13.4. The Morgan fingerprint density at radius 2 is 1.49 bits per heavy atom. The number of rotatable bonds is 10. The quantitative estimate of drug-likeness (QED) is 0.150. The molecule has 0 spiro atoms. The number of methoxy groups -OCH3 is 1. The summed E-state index contributed by atoms with van der Waals surface area (Å²) < 4.78 is 5.21. The molecule has 3 N–H and O–H groups in total. The Kier molecular flexibility index (Phi) is 9.96. The fraction of sp³-hybridized carbons (Fsp3) is 0.121. The van der Waals surface area contributed by atoms with Gasteiger partial charge in [0.1, 0.15) is 11.4 Å². The highest BCUT2D eigenvalue weighted by molar-refractivity contribution is 8.00. The zero-order valence-electron chi connectivity index (χ0n) is 23.0. The third kappa shape index (κ3) is 8.58. The number of carbonyl (C=O) groups is 3. The normalized spacial score (nSPS) is 11.7. The summed E-state index contributed by atoms with van der Waals surface area (Å²) in [6.07, 6.45) is 1.60. The topological polar surface area (TPSA) is 96.5 Å². The first kappa shape index (κ1) is 29.2. The zero-order chi connectivity index (χ0) is 29.2. The zero-order valence-corrected chi connectivity index (χ0v) is 23.8. The van der Waals surface area contributed by atoms with Crippen LogP contribution < -0.4 is 20.7 Å². The number of hydrogen-bond donors (Lipinski definition) is 3. The van der Waals surface area contributed by atoms with Crippen LogP contribution in [0.3, 0.4) is 0 Å². The minimum absolute atomic E-state index is 0.0768. The van der Waals surface area contributed by atoms with Crippen LogP contribution in [0.5, 0.6) is 5.75 Å². The van der Waals surface area contributed by atoms with Crippen LogP contribution in [0.25, 0.3) is 6.08 Å². The maximum absolute atomic E-state index is 13.4. The van der Waals surface area contributed by atoms with Crippen molar-refractivity contribution in [2.24, 2.45) is 0 Å². The molecule has 4 aromatic carbocycles. The summed E-state index contributed by atoms with van der Waals surface area (Å²) in [6, 6.07) is 30.7. The lowest BCUT2D eigenvalue weighted by atomic mass is 10.1. The van der Waals surface area contributed by atoms with Crippen molar-refractivity contribution in [3.8, 4) is 5.75 Å². The van der Waals surface area contributed by atoms with E-state index in [2.05, 4.69) is 16.0 Å². The number of ether oxygens (including phenoxy) is 1. The predicted octanol–water partition coefficient (Wildman–Crippen LogP) is 6.53. The van der Waals surface area contributed by atoms with E-state index in [0.29, 0.717) is 22.6 Å². The average Bonchev–Trinajstić information content (AvgIpc) is 2.97. The summed E-state index contributed by atoms with van der Waals surface area (Å²) in [5.74, 6) is -0.336. The number of benzene rings is 4. The molecule has 7 nitrogen and oxygen atoms in total. The van der Waals surface area contributed by atoms with Crippen molar-refractivity contribution in [2.75, 3.05) is 17.7 Å². The largest absolute Gasteiger partial charge is 0.497 e. The fourth-order valence-corrected chi connectivity index (χ4v) is 4.81. The molecular formula is C33H31N3O4S. The summed E-state index contributed by atoms with van der Waals surface area (Å²) in [5.41, 5.74) is 3.55. The van der Waals surface area contributed by atoms with Gasteiger partial charge in [-0.2, -0.15) is 0 Å². The molecule has 3 amide bonds. The molecule has 0 aliphatic carbocycles. The second-order valence-corrected chi connectivity index (χ2v) is 10.7. The van der Waals surface area contributed by atoms with Crippen molar-refractivity contribution in [1.29, 1.82) is 0 Å². The highest BCUT2D eigenvalue weighted by atomic mass is 32.2. The Balaban J connectivity index is 1.48. The minimum Gasteiger partial charge on any atom is -0.497 e. The molecule has 0 bridgehead atoms. The summed E-state index contributed by atoms with van der Waals surface area (Å²) in [6.45, 7) is 3.80. The van der Waals surface area contributed by atoms with E-state index in [4.69, 9.17) is 4.74 Å². The molecule has 0 aliphatic heterocycles. The van der Waals surface area contributed by atoms with Crippen molar-refractivity contribution < 1.29 is 19.1 Å². The molecular weight excluding hydrogens is 534 g/mol. The Hall–Kier alpha value is -4.82. The van der Waals surface area contributed by atoms with Crippen LogP contribution in [0.1, 0.15) is 28.4 Å². The van der Waals surface area contributed by atoms with Gasteiger partial charge in [0, 0.05) is 21.8 Å². The molecule has 0 aliphatic rings. The number of amides is 3. The van der Waals surface area contributed by atoms with Crippen LogP contribution in [0.2, 0.25) is 0 Å². The van der Waals surface area contributed by atoms with Crippen molar-refractivity contribution in [3.05, 3.63) is 126 Å². The van der Waals surface area contributed by atoms with Gasteiger partial charge < -0.3 is 20.7 Å². The van der Waals surface area contributed by atoms with E-state index in [0.717, 1.165) is 16.1 Å². The smallest absolute Gasteiger partial charge is 0.272 e. The number of hydrogen-bond acceptors (Lipinski definition) is 5. The van der Waals surface area contributed by atoms with Crippen molar-refractivity contribution in [3.63, 3.8) is 0 Å². The van der Waals surface area contributed by atoms with E-state index in [-0.39, 0.29) is 16.9 Å². The van der Waals surface area contributed by atoms with Gasteiger partial charge in [-0.25, -0.2) is 0 Å². The molecule has 4 aromatic rings. The number of thioether (sulfide) groups is 1. The number of carbonyl (C=O) groups excluding carboxylic acids is 3. The van der Waals surface area contributed by atoms with Gasteiger partial charge in [0.2, 0.25) is 5.91 Å². The molecule has 0 radical (unpaired) electrons. The van der Waals surface area contributed by atoms with Crippen LogP contribution in [-0.4, -0.2) is 30.1 Å². The van der Waals surface area contributed by atoms with Gasteiger partial charge in [0.25, 0.3) is 11.8 Å². The minimum atomic E-state index is -0.488. The van der Waals surface area contributed by atoms with Gasteiger partial charge in [0.15, 0.2) is 0 Å². The van der Waals surface area contributed by atoms with Gasteiger partial charge in [-0.1, -0.05) is 48.5 Å². The van der Waals surface area contributed by atoms with Crippen molar-refractivity contribution in [2.45, 2.75) is 24.0 Å². The lowest BCUT2D eigenvalue weighted by Crippen LogP contribution is -2.30. The second-order valence-electron chi connectivity index (χ2n) is 9.25. The molecule has 0 fully saturated rings. The first-order valence-electron chi connectivity index (χ1n) is 13.0. The van der Waals surface area contributed by atoms with Crippen LogP contribution in [0.4, 0.5) is 11.4 Å². The van der Waals surface area contributed by atoms with Crippen LogP contribution >= 0.6 is 11.8 Å². The number of aryl methyl sites for hydroxylation is 1. The Morgan fingerprint density at radius 1 is 0.805 bits per heavy atom. The maximum Gasteiger partial charge on any atom is 0.272 e. The lowest BCUT2D eigenvalue weighted by molar-refractivity contribution is -0.115. The Labute approximate surface area is 244 Å². The second kappa shape index (κ2) is 14.0. The Bertz CT molecular complexity index is 1550. The van der Waals surface area contributed by atoms with Gasteiger partial charge in [-0.05, 0) is 85.6 Å². The molecule has 0 heterocycles. The highest BCUT2D eigenvalue weighted by Crippen LogP contribution is 2.27. The van der Waals surface area contributed by atoms with E-state index in [9.17, 15) is 14.4 Å². The molecule has 208 valence electrons. The van der Waals surface area contributed by atoms with Crippen LogP contribution in [0.15, 0.2) is 114 Å². The summed E-state index contributed by atoms with van der Waals surface area (Å²) in [5, 5.41) is 8.17. The molecule has 41 heavy (non-hydrogen) atoms. The number of nitrogens with one attached hydrogen (secondary N) is 3. The third-order valence-corrected chi connectivity index (χ3v) is 7.11. The molecule has 0 aromatic heterocycles. The van der Waals surface area contributed by atoms with Crippen LogP contribution in [-0.2, 0) is 9.59 Å². The van der Waals surface area contributed by atoms with E-state index in [1.165, 1.54) is 11.8 Å². The molecule has 0 saturated carbocycles. The first-order valence-corrected chi connectivity index (χ1v) is 13.9. The van der Waals surface area contributed by atoms with Crippen molar-refractivity contribution in [1.82, 2.24) is 5.32 Å². The number of anilines is 2. The molecule has 1 atom stereocenters. The van der Waals surface area contributed by atoms with E-state index < -0.39 is 11.8 Å². The third-order valence-electron chi connectivity index (χ3n) is 6.02. The molecule has 4 rings (SSSR count). The summed E-state index contributed by atoms with van der Waals surface area (Å²) in [4.78, 5) is 39.9. The summed E-state index contributed by atoms with van der Waals surface area (Å²) in [7, 11) is 1.58. The SMILES string of the molecule is COc1ccc(/C=C(/NC(=O)c2ccccc2)C(=O)Nc2cccc(SC(C)C(=O)Nc3cccc(C)c3)c2)cc1. The highest BCUT2D eigenvalue weighted by Gasteiger charge is 2.17.